The quantitative estimate of drug-likeness (QED) is 0.814. The van der Waals surface area contributed by atoms with E-state index in [9.17, 15) is 4.79 Å². The minimum Gasteiger partial charge on any atom is -0.342 e. The zero-order chi connectivity index (χ0) is 12.3. The molecule has 2 saturated heterocycles. The van der Waals surface area contributed by atoms with Gasteiger partial charge in [0.25, 0.3) is 0 Å². The van der Waals surface area contributed by atoms with Gasteiger partial charge in [-0.3, -0.25) is 4.79 Å². The molecule has 98 valence electrons. The van der Waals surface area contributed by atoms with Crippen LogP contribution >= 0.6 is 0 Å². The molecule has 0 aromatic carbocycles. The van der Waals surface area contributed by atoms with E-state index >= 15 is 0 Å². The summed E-state index contributed by atoms with van der Waals surface area (Å²) >= 11 is 0. The molecule has 0 aliphatic carbocycles. The van der Waals surface area contributed by atoms with E-state index in [4.69, 9.17) is 0 Å². The van der Waals surface area contributed by atoms with Crippen LogP contribution in [0.15, 0.2) is 0 Å². The summed E-state index contributed by atoms with van der Waals surface area (Å²) in [6.07, 6.45) is 4.97. The summed E-state index contributed by atoms with van der Waals surface area (Å²) in [5.41, 5.74) is 0. The molecule has 0 saturated carbocycles. The van der Waals surface area contributed by atoms with Gasteiger partial charge < -0.3 is 10.2 Å². The Labute approximate surface area is 105 Å². The van der Waals surface area contributed by atoms with E-state index in [1.807, 2.05) is 0 Å². The summed E-state index contributed by atoms with van der Waals surface area (Å²) in [5, 5.41) is 3.26. The normalized spacial score (nSPS) is 28.4. The van der Waals surface area contributed by atoms with Crippen LogP contribution in [0.2, 0.25) is 0 Å². The maximum atomic E-state index is 12.4. The first-order chi connectivity index (χ1) is 8.22. The molecule has 1 N–H and O–H groups in total. The number of carbonyl (C=O) groups excluding carboxylic acids is 1. The molecule has 0 radical (unpaired) electrons. The summed E-state index contributed by atoms with van der Waals surface area (Å²) in [7, 11) is 0. The van der Waals surface area contributed by atoms with Crippen LogP contribution in [0.25, 0.3) is 0 Å². The van der Waals surface area contributed by atoms with Crippen molar-refractivity contribution >= 4 is 5.91 Å². The predicted octanol–water partition coefficient (Wildman–Crippen LogP) is 1.88. The molecule has 2 heterocycles. The van der Waals surface area contributed by atoms with Gasteiger partial charge in [-0.25, -0.2) is 0 Å². The zero-order valence-electron chi connectivity index (χ0n) is 11.2. The minimum atomic E-state index is 0.217. The fourth-order valence-electron chi connectivity index (χ4n) is 2.95. The van der Waals surface area contributed by atoms with Gasteiger partial charge in [-0.15, -0.1) is 0 Å². The highest BCUT2D eigenvalue weighted by Crippen LogP contribution is 2.24. The van der Waals surface area contributed by atoms with E-state index in [0.29, 0.717) is 11.8 Å². The van der Waals surface area contributed by atoms with Gasteiger partial charge in [0.05, 0.1) is 0 Å². The Balaban J connectivity index is 1.85. The van der Waals surface area contributed by atoms with Crippen molar-refractivity contribution < 1.29 is 4.79 Å². The smallest absolute Gasteiger partial charge is 0.225 e. The van der Waals surface area contributed by atoms with E-state index in [1.54, 1.807) is 0 Å². The average Bonchev–Trinajstić information content (AvgIpc) is 2.50. The fraction of sp³-hybridized carbons (Fsp3) is 0.929. The van der Waals surface area contributed by atoms with E-state index in [0.717, 1.165) is 32.1 Å². The lowest BCUT2D eigenvalue weighted by Gasteiger charge is -2.34. The van der Waals surface area contributed by atoms with Gasteiger partial charge in [-0.2, -0.15) is 0 Å². The third-order valence-corrected chi connectivity index (χ3v) is 4.65. The van der Waals surface area contributed by atoms with Gasteiger partial charge in [-0.1, -0.05) is 20.3 Å². The van der Waals surface area contributed by atoms with Crippen LogP contribution < -0.4 is 5.32 Å². The van der Waals surface area contributed by atoms with Crippen molar-refractivity contribution in [3.05, 3.63) is 0 Å². The van der Waals surface area contributed by atoms with E-state index in [-0.39, 0.29) is 5.92 Å². The summed E-state index contributed by atoms with van der Waals surface area (Å²) in [5.74, 6) is 2.03. The molecule has 2 aliphatic rings. The Morgan fingerprint density at radius 3 is 2.71 bits per heavy atom. The molecule has 0 aromatic heterocycles. The second-order valence-corrected chi connectivity index (χ2v) is 5.74. The third-order valence-electron chi connectivity index (χ3n) is 4.65. The van der Waals surface area contributed by atoms with Gasteiger partial charge in [0.2, 0.25) is 5.91 Å². The van der Waals surface area contributed by atoms with Crippen LogP contribution in [-0.2, 0) is 4.79 Å². The molecule has 2 rings (SSSR count). The number of rotatable bonds is 3. The van der Waals surface area contributed by atoms with E-state index in [1.165, 1.54) is 25.7 Å². The second-order valence-electron chi connectivity index (χ2n) is 5.74. The largest absolute Gasteiger partial charge is 0.342 e. The maximum absolute atomic E-state index is 12.4. The number of hydrogen-bond donors (Lipinski definition) is 1. The highest BCUT2D eigenvalue weighted by atomic mass is 16.2. The molecule has 3 nitrogen and oxygen atoms in total. The highest BCUT2D eigenvalue weighted by molar-refractivity contribution is 5.79. The Morgan fingerprint density at radius 1 is 1.35 bits per heavy atom. The summed E-state index contributed by atoms with van der Waals surface area (Å²) in [6.45, 7) is 8.40. The standard InChI is InChI=1S/C14H26N2O/c1-3-12-5-4-7-16(8-6-12)14(17)11(2)13-9-15-10-13/h11-13,15H,3-10H2,1-2H3. The molecule has 1 amide bonds. The number of likely N-dealkylation sites (tertiary alicyclic amines) is 1. The first-order valence-electron chi connectivity index (χ1n) is 7.22. The number of amides is 1. The second kappa shape index (κ2) is 5.85. The molecule has 0 spiro atoms. The molecular formula is C14H26N2O. The number of nitrogens with zero attached hydrogens (tertiary/aromatic N) is 1. The lowest BCUT2D eigenvalue weighted by Crippen LogP contribution is -2.50. The van der Waals surface area contributed by atoms with Crippen molar-refractivity contribution in [3.8, 4) is 0 Å². The van der Waals surface area contributed by atoms with Gasteiger partial charge in [0.1, 0.15) is 0 Å². The molecule has 2 unspecified atom stereocenters. The van der Waals surface area contributed by atoms with Gasteiger partial charge in [0, 0.05) is 19.0 Å². The minimum absolute atomic E-state index is 0.217. The first kappa shape index (κ1) is 12.9. The number of carbonyl (C=O) groups is 1. The molecule has 17 heavy (non-hydrogen) atoms. The summed E-state index contributed by atoms with van der Waals surface area (Å²) in [4.78, 5) is 14.5. The Morgan fingerprint density at radius 2 is 2.12 bits per heavy atom. The monoisotopic (exact) mass is 238 g/mol. The lowest BCUT2D eigenvalue weighted by molar-refractivity contribution is -0.137. The van der Waals surface area contributed by atoms with Crippen LogP contribution in [0.4, 0.5) is 0 Å². The van der Waals surface area contributed by atoms with Gasteiger partial charge in [-0.05, 0) is 44.2 Å². The molecular weight excluding hydrogens is 212 g/mol. The SMILES string of the molecule is CCC1CCCN(C(=O)C(C)C2CNC2)CC1. The van der Waals surface area contributed by atoms with Crippen molar-refractivity contribution in [2.75, 3.05) is 26.2 Å². The molecule has 0 bridgehead atoms. The van der Waals surface area contributed by atoms with Crippen LogP contribution in [0.5, 0.6) is 0 Å². The maximum Gasteiger partial charge on any atom is 0.225 e. The summed E-state index contributed by atoms with van der Waals surface area (Å²) in [6, 6.07) is 0. The van der Waals surface area contributed by atoms with Crippen molar-refractivity contribution in [3.63, 3.8) is 0 Å². The molecule has 2 fully saturated rings. The number of nitrogens with one attached hydrogen (secondary N) is 1. The third kappa shape index (κ3) is 3.01. The molecule has 0 aromatic rings. The predicted molar refractivity (Wildman–Crippen MR) is 69.7 cm³/mol. The van der Waals surface area contributed by atoms with Gasteiger partial charge >= 0.3 is 0 Å². The Hall–Kier alpha value is -0.570. The molecule has 2 aliphatic heterocycles. The van der Waals surface area contributed by atoms with Crippen molar-refractivity contribution in [1.29, 1.82) is 0 Å². The summed E-state index contributed by atoms with van der Waals surface area (Å²) < 4.78 is 0. The van der Waals surface area contributed by atoms with Crippen molar-refractivity contribution in [2.45, 2.75) is 39.5 Å². The fourth-order valence-corrected chi connectivity index (χ4v) is 2.95. The molecule has 2 atom stereocenters. The van der Waals surface area contributed by atoms with Crippen LogP contribution in [0, 0.1) is 17.8 Å². The van der Waals surface area contributed by atoms with E-state index < -0.39 is 0 Å². The molecule has 3 heteroatoms. The first-order valence-corrected chi connectivity index (χ1v) is 7.22. The Bertz CT molecular complexity index is 263. The van der Waals surface area contributed by atoms with Crippen LogP contribution in [0.3, 0.4) is 0 Å². The van der Waals surface area contributed by atoms with Crippen molar-refractivity contribution in [2.24, 2.45) is 17.8 Å². The topological polar surface area (TPSA) is 32.3 Å². The van der Waals surface area contributed by atoms with Crippen LogP contribution in [0.1, 0.15) is 39.5 Å². The highest BCUT2D eigenvalue weighted by Gasteiger charge is 2.32. The van der Waals surface area contributed by atoms with Crippen LogP contribution in [-0.4, -0.2) is 37.0 Å². The number of hydrogen-bond acceptors (Lipinski definition) is 2. The van der Waals surface area contributed by atoms with E-state index in [2.05, 4.69) is 24.1 Å². The van der Waals surface area contributed by atoms with Crippen molar-refractivity contribution in [1.82, 2.24) is 10.2 Å². The van der Waals surface area contributed by atoms with Gasteiger partial charge in [0.15, 0.2) is 0 Å². The zero-order valence-corrected chi connectivity index (χ0v) is 11.2. The average molecular weight is 238 g/mol. The Kier molecular flexibility index (Phi) is 4.43. The lowest BCUT2D eigenvalue weighted by atomic mass is 9.88.